The van der Waals surface area contributed by atoms with E-state index in [0.29, 0.717) is 0 Å². The van der Waals surface area contributed by atoms with Crippen LogP contribution in [0.5, 0.6) is 0 Å². The molecule has 0 radical (unpaired) electrons. The fourth-order valence-electron chi connectivity index (χ4n) is 7.77. The van der Waals surface area contributed by atoms with Crippen LogP contribution in [0.25, 0.3) is 77.2 Å². The molecule has 1 heteroatoms. The van der Waals surface area contributed by atoms with E-state index in [1.165, 1.54) is 71.4 Å². The summed E-state index contributed by atoms with van der Waals surface area (Å²) >= 11 is 0. The van der Waals surface area contributed by atoms with E-state index in [9.17, 15) is 0 Å². The highest BCUT2D eigenvalue weighted by Crippen LogP contribution is 2.55. The van der Waals surface area contributed by atoms with Crippen molar-refractivity contribution < 1.29 is 4.42 Å². The van der Waals surface area contributed by atoms with Crippen molar-refractivity contribution in [3.05, 3.63) is 157 Å². The van der Waals surface area contributed by atoms with Crippen LogP contribution in [0.1, 0.15) is 25.0 Å². The van der Waals surface area contributed by atoms with Crippen LogP contribution in [0.3, 0.4) is 0 Å². The van der Waals surface area contributed by atoms with Crippen LogP contribution in [-0.2, 0) is 5.41 Å². The lowest BCUT2D eigenvalue weighted by Gasteiger charge is -2.21. The molecule has 7 aromatic carbocycles. The Bertz CT molecular complexity index is 2350. The summed E-state index contributed by atoms with van der Waals surface area (Å²) in [6, 6.07) is 52.7. The molecule has 1 nitrogen and oxygen atoms in total. The number of fused-ring (bicyclic) bond motifs is 7. The van der Waals surface area contributed by atoms with Gasteiger partial charge in [-0.3, -0.25) is 0 Å². The molecule has 208 valence electrons. The van der Waals surface area contributed by atoms with Crippen LogP contribution < -0.4 is 0 Å². The second kappa shape index (κ2) is 9.30. The summed E-state index contributed by atoms with van der Waals surface area (Å²) in [4.78, 5) is 0. The van der Waals surface area contributed by atoms with Crippen molar-refractivity contribution in [2.45, 2.75) is 19.3 Å². The first kappa shape index (κ1) is 25.1. The maximum absolute atomic E-state index is 6.95. The summed E-state index contributed by atoms with van der Waals surface area (Å²) in [5, 5.41) is 6.14. The average Bonchev–Trinajstić information content (AvgIpc) is 3.58. The largest absolute Gasteiger partial charge is 0.455 e. The monoisotopic (exact) mass is 562 g/mol. The van der Waals surface area contributed by atoms with Gasteiger partial charge in [-0.25, -0.2) is 0 Å². The van der Waals surface area contributed by atoms with E-state index in [0.717, 1.165) is 16.9 Å². The van der Waals surface area contributed by atoms with Crippen LogP contribution in [0, 0.1) is 0 Å². The maximum atomic E-state index is 6.95. The Labute approximate surface area is 257 Å². The molecule has 8 aromatic rings. The highest BCUT2D eigenvalue weighted by atomic mass is 16.3. The van der Waals surface area contributed by atoms with Crippen molar-refractivity contribution in [3.63, 3.8) is 0 Å². The summed E-state index contributed by atoms with van der Waals surface area (Å²) in [7, 11) is 0. The molecule has 44 heavy (non-hydrogen) atoms. The molecule has 1 aromatic heterocycles. The first-order valence-corrected chi connectivity index (χ1v) is 15.4. The second-order valence-corrected chi connectivity index (χ2v) is 12.4. The Morgan fingerprint density at radius 1 is 0.409 bits per heavy atom. The number of benzene rings is 7. The number of furan rings is 1. The predicted octanol–water partition coefficient (Wildman–Crippen LogP) is 12.0. The van der Waals surface area contributed by atoms with Crippen LogP contribution in [0.15, 0.2) is 150 Å². The van der Waals surface area contributed by atoms with Crippen molar-refractivity contribution in [2.24, 2.45) is 0 Å². The van der Waals surface area contributed by atoms with Gasteiger partial charge in [0.2, 0.25) is 0 Å². The third-order valence-electron chi connectivity index (χ3n) is 9.67. The van der Waals surface area contributed by atoms with Gasteiger partial charge in [0.15, 0.2) is 0 Å². The van der Waals surface area contributed by atoms with Gasteiger partial charge >= 0.3 is 0 Å². The van der Waals surface area contributed by atoms with Gasteiger partial charge in [-0.1, -0.05) is 159 Å². The molecule has 0 unspecified atom stereocenters. The zero-order chi connectivity index (χ0) is 29.4. The number of rotatable bonds is 3. The Kier molecular flexibility index (Phi) is 5.31. The van der Waals surface area contributed by atoms with E-state index in [4.69, 9.17) is 4.42 Å². The van der Waals surface area contributed by atoms with Gasteiger partial charge in [0, 0.05) is 33.1 Å². The first-order chi connectivity index (χ1) is 21.6. The summed E-state index contributed by atoms with van der Waals surface area (Å²) < 4.78 is 6.95. The molecule has 0 saturated carbocycles. The fourth-order valence-corrected chi connectivity index (χ4v) is 7.77. The molecule has 1 heterocycles. The summed E-state index contributed by atoms with van der Waals surface area (Å²) in [5.74, 6) is 1.01. The molecule has 0 spiro atoms. The minimum absolute atomic E-state index is 0.134. The third-order valence-corrected chi connectivity index (χ3v) is 9.67. The summed E-state index contributed by atoms with van der Waals surface area (Å²) in [5.41, 5.74) is 12.0. The van der Waals surface area contributed by atoms with Crippen molar-refractivity contribution in [3.8, 4) is 44.7 Å². The Balaban J connectivity index is 1.39. The Morgan fingerprint density at radius 3 is 1.55 bits per heavy atom. The Hall–Kier alpha value is -5.40. The van der Waals surface area contributed by atoms with Gasteiger partial charge in [-0.15, -0.1) is 0 Å². The van der Waals surface area contributed by atoms with Gasteiger partial charge < -0.3 is 4.42 Å². The molecule has 0 amide bonds. The lowest BCUT2D eigenvalue weighted by atomic mass is 9.80. The minimum atomic E-state index is -0.134. The molecular formula is C43H30O. The van der Waals surface area contributed by atoms with Crippen LogP contribution in [0.2, 0.25) is 0 Å². The molecule has 0 saturated heterocycles. The lowest BCUT2D eigenvalue weighted by Crippen LogP contribution is -2.14. The average molecular weight is 563 g/mol. The SMILES string of the molecule is CC1(C)c2ccccc2-c2oc3c(-c4c5ccccc5c(-c5ccccc5-c5ccccc5)c5ccccc45)cccc3c21. The van der Waals surface area contributed by atoms with Gasteiger partial charge in [0.05, 0.1) is 0 Å². The molecule has 1 aliphatic carbocycles. The van der Waals surface area contributed by atoms with Crippen molar-refractivity contribution >= 4 is 32.5 Å². The normalized spacial score (nSPS) is 13.4. The number of hydrogen-bond acceptors (Lipinski definition) is 1. The molecular weight excluding hydrogens is 532 g/mol. The van der Waals surface area contributed by atoms with Crippen LogP contribution >= 0.6 is 0 Å². The maximum Gasteiger partial charge on any atom is 0.143 e. The van der Waals surface area contributed by atoms with Gasteiger partial charge in [-0.2, -0.15) is 0 Å². The zero-order valence-corrected chi connectivity index (χ0v) is 24.8. The third kappa shape index (κ3) is 3.41. The molecule has 0 fully saturated rings. The lowest BCUT2D eigenvalue weighted by molar-refractivity contribution is 0.620. The van der Waals surface area contributed by atoms with E-state index >= 15 is 0 Å². The van der Waals surface area contributed by atoms with Crippen LogP contribution in [0.4, 0.5) is 0 Å². The summed E-state index contributed by atoms with van der Waals surface area (Å²) in [6.45, 7) is 4.64. The van der Waals surface area contributed by atoms with E-state index in [1.54, 1.807) is 0 Å². The smallest absolute Gasteiger partial charge is 0.143 e. The highest BCUT2D eigenvalue weighted by Gasteiger charge is 2.40. The number of hydrogen-bond donors (Lipinski definition) is 0. The van der Waals surface area contributed by atoms with Gasteiger partial charge in [0.25, 0.3) is 0 Å². The highest BCUT2D eigenvalue weighted by molar-refractivity contribution is 6.24. The molecule has 9 rings (SSSR count). The quantitative estimate of drug-likeness (QED) is 0.195. The molecule has 0 N–H and O–H groups in total. The predicted molar refractivity (Wildman–Crippen MR) is 185 cm³/mol. The summed E-state index contributed by atoms with van der Waals surface area (Å²) in [6.07, 6.45) is 0. The molecule has 1 aliphatic rings. The van der Waals surface area contributed by atoms with Crippen molar-refractivity contribution in [1.82, 2.24) is 0 Å². The first-order valence-electron chi connectivity index (χ1n) is 15.4. The topological polar surface area (TPSA) is 13.1 Å². The second-order valence-electron chi connectivity index (χ2n) is 12.4. The standard InChI is InChI=1S/C43H30O/c1-43(2)37-26-13-12-23-34(37)42-40(43)36-25-14-24-35(41(36)44-42)39-32-21-10-8-19-30(32)38(31-20-9-11-22-33(31)39)29-18-7-6-17-28(29)27-15-4-3-5-16-27/h3-26H,1-2H3. The molecule has 0 aliphatic heterocycles. The minimum Gasteiger partial charge on any atom is -0.455 e. The van der Waals surface area contributed by atoms with E-state index < -0.39 is 0 Å². The Morgan fingerprint density at radius 2 is 0.886 bits per heavy atom. The van der Waals surface area contributed by atoms with E-state index in [2.05, 4.69) is 159 Å². The van der Waals surface area contributed by atoms with E-state index in [-0.39, 0.29) is 5.41 Å². The molecule has 0 atom stereocenters. The van der Waals surface area contributed by atoms with Crippen molar-refractivity contribution in [1.29, 1.82) is 0 Å². The fraction of sp³-hybridized carbons (Fsp3) is 0.0698. The van der Waals surface area contributed by atoms with Crippen molar-refractivity contribution in [2.75, 3.05) is 0 Å². The molecule has 0 bridgehead atoms. The van der Waals surface area contributed by atoms with Gasteiger partial charge in [0.1, 0.15) is 11.3 Å². The number of para-hydroxylation sites is 1. The van der Waals surface area contributed by atoms with Crippen LogP contribution in [-0.4, -0.2) is 0 Å². The van der Waals surface area contributed by atoms with E-state index in [1.807, 2.05) is 0 Å². The zero-order valence-electron chi connectivity index (χ0n) is 24.8. The van der Waals surface area contributed by atoms with Gasteiger partial charge in [-0.05, 0) is 49.4 Å².